The summed E-state index contributed by atoms with van der Waals surface area (Å²) >= 11 is 0. The number of hydrogen-bond acceptors (Lipinski definition) is 4. The Balaban J connectivity index is 1.94. The Labute approximate surface area is 97.8 Å². The van der Waals surface area contributed by atoms with Gasteiger partial charge in [0.25, 0.3) is 0 Å². The molecule has 1 aliphatic heterocycles. The quantitative estimate of drug-likeness (QED) is 0.345. The molecule has 0 bridgehead atoms. The van der Waals surface area contributed by atoms with Crippen molar-refractivity contribution in [2.24, 2.45) is 5.11 Å². The number of cyclic esters (lactones) is 1. The van der Waals surface area contributed by atoms with Crippen LogP contribution < -0.4 is 0 Å². The molecule has 1 aromatic carbocycles. The van der Waals surface area contributed by atoms with Gasteiger partial charge in [-0.2, -0.15) is 0 Å². The van der Waals surface area contributed by atoms with Crippen molar-refractivity contribution in [1.29, 1.82) is 0 Å². The first-order chi connectivity index (χ1) is 8.29. The summed E-state index contributed by atoms with van der Waals surface area (Å²) in [5, 5.41) is 3.48. The van der Waals surface area contributed by atoms with Crippen LogP contribution in [0.4, 0.5) is 0 Å². The first-order valence-electron chi connectivity index (χ1n) is 5.19. The molecule has 88 valence electrons. The second-order valence-corrected chi connectivity index (χ2v) is 3.63. The van der Waals surface area contributed by atoms with Crippen LogP contribution in [0.1, 0.15) is 12.0 Å². The smallest absolute Gasteiger partial charge is 0.308 e. The van der Waals surface area contributed by atoms with Gasteiger partial charge in [-0.05, 0) is 11.1 Å². The monoisotopic (exact) mass is 233 g/mol. The molecule has 2 unspecified atom stereocenters. The second-order valence-electron chi connectivity index (χ2n) is 3.63. The summed E-state index contributed by atoms with van der Waals surface area (Å²) in [7, 11) is 0. The average Bonchev–Trinajstić information content (AvgIpc) is 2.69. The highest BCUT2D eigenvalue weighted by Crippen LogP contribution is 2.20. The number of ether oxygens (including phenoxy) is 2. The second kappa shape index (κ2) is 5.34. The summed E-state index contributed by atoms with van der Waals surface area (Å²) in [5.41, 5.74) is 9.32. The minimum absolute atomic E-state index is 0.0729. The van der Waals surface area contributed by atoms with Crippen LogP contribution in [-0.4, -0.2) is 18.3 Å². The molecule has 2 atom stereocenters. The van der Waals surface area contributed by atoms with E-state index in [0.29, 0.717) is 6.61 Å². The molecule has 0 saturated carbocycles. The predicted molar refractivity (Wildman–Crippen MR) is 58.7 cm³/mol. The Morgan fingerprint density at radius 1 is 1.47 bits per heavy atom. The molecule has 1 aromatic rings. The van der Waals surface area contributed by atoms with E-state index in [4.69, 9.17) is 15.0 Å². The van der Waals surface area contributed by atoms with Crippen LogP contribution in [0.5, 0.6) is 0 Å². The summed E-state index contributed by atoms with van der Waals surface area (Å²) in [6.45, 7) is 0.316. The van der Waals surface area contributed by atoms with Crippen LogP contribution in [0.3, 0.4) is 0 Å². The van der Waals surface area contributed by atoms with Gasteiger partial charge in [-0.15, -0.1) is 0 Å². The summed E-state index contributed by atoms with van der Waals surface area (Å²) < 4.78 is 10.3. The molecule has 1 aliphatic rings. The average molecular weight is 233 g/mol. The van der Waals surface area contributed by atoms with Crippen LogP contribution in [0, 0.1) is 0 Å². The highest BCUT2D eigenvalue weighted by atomic mass is 16.7. The van der Waals surface area contributed by atoms with Crippen molar-refractivity contribution in [3.05, 3.63) is 46.3 Å². The van der Waals surface area contributed by atoms with Gasteiger partial charge < -0.3 is 9.47 Å². The largest absolute Gasteiger partial charge is 0.435 e. The van der Waals surface area contributed by atoms with Crippen LogP contribution in [0.25, 0.3) is 10.4 Å². The summed E-state index contributed by atoms with van der Waals surface area (Å²) in [5.74, 6) is -0.402. The van der Waals surface area contributed by atoms with Gasteiger partial charge in [0.1, 0.15) is 6.04 Å². The van der Waals surface area contributed by atoms with E-state index in [9.17, 15) is 4.79 Å². The molecule has 0 spiro atoms. The third kappa shape index (κ3) is 2.96. The van der Waals surface area contributed by atoms with E-state index in [0.717, 1.165) is 5.56 Å². The molecule has 0 radical (unpaired) electrons. The Hall–Kier alpha value is -2.04. The van der Waals surface area contributed by atoms with Gasteiger partial charge in [0.2, 0.25) is 6.29 Å². The summed E-state index contributed by atoms with van der Waals surface area (Å²) in [6, 6.07) is 8.92. The fourth-order valence-electron chi connectivity index (χ4n) is 1.58. The molecule has 2 rings (SSSR count). The minimum Gasteiger partial charge on any atom is -0.435 e. The van der Waals surface area contributed by atoms with Crippen LogP contribution in [-0.2, 0) is 20.9 Å². The number of rotatable bonds is 4. The summed E-state index contributed by atoms with van der Waals surface area (Å²) in [6.07, 6.45) is -0.706. The summed E-state index contributed by atoms with van der Waals surface area (Å²) in [4.78, 5) is 13.7. The molecular weight excluding hydrogens is 222 g/mol. The lowest BCUT2D eigenvalue weighted by Gasteiger charge is -2.14. The first-order valence-corrected chi connectivity index (χ1v) is 5.19. The van der Waals surface area contributed by atoms with Crippen molar-refractivity contribution in [3.63, 3.8) is 0 Å². The molecule has 0 amide bonds. The van der Waals surface area contributed by atoms with Crippen molar-refractivity contribution in [2.75, 3.05) is 0 Å². The number of nitrogens with zero attached hydrogens (tertiary/aromatic N) is 3. The van der Waals surface area contributed by atoms with Crippen molar-refractivity contribution < 1.29 is 14.3 Å². The number of carbonyl (C=O) groups excluding carboxylic acids is 1. The fraction of sp³-hybridized carbons (Fsp3) is 0.364. The van der Waals surface area contributed by atoms with Gasteiger partial charge >= 0.3 is 5.97 Å². The predicted octanol–water partition coefficient (Wildman–Crippen LogP) is 2.16. The molecule has 6 nitrogen and oxygen atoms in total. The molecule has 0 N–H and O–H groups in total. The molecular formula is C11H11N3O3. The van der Waals surface area contributed by atoms with Crippen LogP contribution >= 0.6 is 0 Å². The number of benzene rings is 1. The Bertz CT molecular complexity index is 443. The van der Waals surface area contributed by atoms with Gasteiger partial charge in [-0.25, -0.2) is 0 Å². The Kier molecular flexibility index (Phi) is 3.59. The van der Waals surface area contributed by atoms with Crippen molar-refractivity contribution in [2.45, 2.75) is 25.4 Å². The van der Waals surface area contributed by atoms with Gasteiger partial charge in [-0.1, -0.05) is 35.4 Å². The first kappa shape index (κ1) is 11.4. The van der Waals surface area contributed by atoms with Crippen molar-refractivity contribution in [3.8, 4) is 0 Å². The highest BCUT2D eigenvalue weighted by Gasteiger charge is 2.34. The minimum atomic E-state index is -0.779. The maximum Gasteiger partial charge on any atom is 0.308 e. The lowest BCUT2D eigenvalue weighted by atomic mass is 10.2. The number of azide groups is 1. The number of esters is 1. The molecule has 6 heteroatoms. The zero-order valence-electron chi connectivity index (χ0n) is 9.02. The lowest BCUT2D eigenvalue weighted by Crippen LogP contribution is -2.22. The fourth-order valence-corrected chi connectivity index (χ4v) is 1.58. The van der Waals surface area contributed by atoms with Crippen molar-refractivity contribution >= 4 is 5.97 Å². The van der Waals surface area contributed by atoms with Gasteiger partial charge in [-0.3, -0.25) is 4.79 Å². The SMILES string of the molecule is [N-]=[N+]=NC1CC(=O)OC1OCc1ccccc1. The van der Waals surface area contributed by atoms with Crippen LogP contribution in [0.2, 0.25) is 0 Å². The van der Waals surface area contributed by atoms with Gasteiger partial charge in [0.05, 0.1) is 13.0 Å². The number of hydrogen-bond donors (Lipinski definition) is 0. The molecule has 0 aromatic heterocycles. The molecule has 0 aliphatic carbocycles. The topological polar surface area (TPSA) is 84.3 Å². The van der Waals surface area contributed by atoms with E-state index in [-0.39, 0.29) is 6.42 Å². The van der Waals surface area contributed by atoms with Gasteiger partial charge in [0.15, 0.2) is 0 Å². The molecule has 1 heterocycles. The van der Waals surface area contributed by atoms with E-state index in [1.165, 1.54) is 0 Å². The maximum atomic E-state index is 11.1. The van der Waals surface area contributed by atoms with E-state index in [1.54, 1.807) is 0 Å². The standard InChI is InChI=1S/C11H11N3O3/c12-14-13-9-6-10(15)17-11(9)16-7-8-4-2-1-3-5-8/h1-5,9,11H,6-7H2. The van der Waals surface area contributed by atoms with Gasteiger partial charge in [0, 0.05) is 4.91 Å². The van der Waals surface area contributed by atoms with Crippen molar-refractivity contribution in [1.82, 2.24) is 0 Å². The molecule has 17 heavy (non-hydrogen) atoms. The lowest BCUT2D eigenvalue weighted by molar-refractivity contribution is -0.166. The third-order valence-electron chi connectivity index (χ3n) is 2.39. The van der Waals surface area contributed by atoms with E-state index >= 15 is 0 Å². The molecule has 1 saturated heterocycles. The van der Waals surface area contributed by atoms with E-state index in [1.807, 2.05) is 30.3 Å². The highest BCUT2D eigenvalue weighted by molar-refractivity contribution is 5.72. The zero-order valence-corrected chi connectivity index (χ0v) is 9.02. The number of carbonyl (C=O) groups is 1. The van der Waals surface area contributed by atoms with Crippen LogP contribution in [0.15, 0.2) is 35.4 Å². The maximum absolute atomic E-state index is 11.1. The third-order valence-corrected chi connectivity index (χ3v) is 2.39. The molecule has 1 fully saturated rings. The zero-order chi connectivity index (χ0) is 12.1. The van der Waals surface area contributed by atoms with E-state index < -0.39 is 18.3 Å². The Morgan fingerprint density at radius 2 is 2.24 bits per heavy atom. The Morgan fingerprint density at radius 3 is 2.94 bits per heavy atom. The normalized spacial score (nSPS) is 22.9. The van der Waals surface area contributed by atoms with E-state index in [2.05, 4.69) is 10.0 Å².